The van der Waals surface area contributed by atoms with E-state index in [2.05, 4.69) is 15.7 Å². The van der Waals surface area contributed by atoms with Crippen molar-refractivity contribution in [3.8, 4) is 11.5 Å². The minimum Gasteiger partial charge on any atom is -0.455 e. The van der Waals surface area contributed by atoms with E-state index in [9.17, 15) is 14.7 Å². The number of ether oxygens (including phenoxy) is 1. The molecule has 1 saturated heterocycles. The van der Waals surface area contributed by atoms with Gasteiger partial charge in [0.1, 0.15) is 11.3 Å². The molecule has 190 valence electrons. The summed E-state index contributed by atoms with van der Waals surface area (Å²) in [5.41, 5.74) is 1.65. The minimum atomic E-state index is -0.828. The van der Waals surface area contributed by atoms with E-state index in [-0.39, 0.29) is 23.9 Å². The van der Waals surface area contributed by atoms with Crippen molar-refractivity contribution in [2.75, 3.05) is 18.4 Å². The monoisotopic (exact) mass is 511 g/mol. The van der Waals surface area contributed by atoms with Gasteiger partial charge in [0.25, 0.3) is 5.91 Å². The molecule has 1 aliphatic heterocycles. The summed E-state index contributed by atoms with van der Waals surface area (Å²) in [6, 6.07) is 6.75. The number of benzene rings is 1. The van der Waals surface area contributed by atoms with Crippen LogP contribution >= 0.6 is 11.6 Å². The standard InChI is InChI=1S/C26H30ClN5O4/c1-15-19(24(33)31-11-9-16(13-31)26(2,3)35)14-32-23(15)22(8-10-28-32)36-18-6-7-21(20(27)12-18)30-25(34)29-17-4-5-17/h6-8,10,12,14,16-17,35H,4-5,9,11,13H2,1-3H3,(H2,29,30,34)/t16-/m0/s1. The Morgan fingerprint density at radius 2 is 2.00 bits per heavy atom. The number of urea groups is 1. The maximum Gasteiger partial charge on any atom is 0.319 e. The van der Waals surface area contributed by atoms with E-state index in [0.717, 1.165) is 24.8 Å². The maximum absolute atomic E-state index is 13.3. The fourth-order valence-electron chi connectivity index (χ4n) is 4.57. The van der Waals surface area contributed by atoms with E-state index < -0.39 is 5.60 Å². The van der Waals surface area contributed by atoms with Crippen LogP contribution in [0.4, 0.5) is 10.5 Å². The molecular weight excluding hydrogens is 482 g/mol. The number of anilines is 1. The number of aromatic nitrogens is 2. The zero-order valence-corrected chi connectivity index (χ0v) is 21.3. The van der Waals surface area contributed by atoms with Crippen LogP contribution in [0, 0.1) is 12.8 Å². The molecule has 2 fully saturated rings. The Labute approximate surface area is 214 Å². The van der Waals surface area contributed by atoms with Gasteiger partial charge >= 0.3 is 6.03 Å². The molecule has 3 heterocycles. The molecule has 0 spiro atoms. The van der Waals surface area contributed by atoms with E-state index in [0.29, 0.717) is 46.4 Å². The molecule has 1 saturated carbocycles. The third-order valence-corrected chi connectivity index (χ3v) is 7.24. The highest BCUT2D eigenvalue weighted by Crippen LogP contribution is 2.35. The number of nitrogens with zero attached hydrogens (tertiary/aromatic N) is 3. The van der Waals surface area contributed by atoms with Crippen LogP contribution in [-0.4, -0.2) is 56.3 Å². The third-order valence-electron chi connectivity index (χ3n) is 6.92. The van der Waals surface area contributed by atoms with Crippen molar-refractivity contribution in [3.63, 3.8) is 0 Å². The van der Waals surface area contributed by atoms with Crippen LogP contribution in [0.5, 0.6) is 11.5 Å². The number of hydrogen-bond acceptors (Lipinski definition) is 5. The lowest BCUT2D eigenvalue weighted by Gasteiger charge is -2.25. The second kappa shape index (κ2) is 9.29. The Hall–Kier alpha value is -3.30. The predicted molar refractivity (Wildman–Crippen MR) is 137 cm³/mol. The van der Waals surface area contributed by atoms with Crippen LogP contribution in [0.2, 0.25) is 5.02 Å². The van der Waals surface area contributed by atoms with E-state index >= 15 is 0 Å². The first-order valence-corrected chi connectivity index (χ1v) is 12.5. The molecule has 0 unspecified atom stereocenters. The van der Waals surface area contributed by atoms with Crippen LogP contribution in [-0.2, 0) is 0 Å². The molecule has 0 radical (unpaired) electrons. The normalized spacial score (nSPS) is 17.9. The molecule has 3 N–H and O–H groups in total. The number of halogens is 1. The number of aryl methyl sites for hydroxylation is 1. The predicted octanol–water partition coefficient (Wildman–Crippen LogP) is 4.61. The van der Waals surface area contributed by atoms with Gasteiger partial charge in [0, 0.05) is 43.4 Å². The molecule has 36 heavy (non-hydrogen) atoms. The first kappa shape index (κ1) is 24.4. The van der Waals surface area contributed by atoms with Crippen LogP contribution in [0.25, 0.3) is 5.52 Å². The van der Waals surface area contributed by atoms with Gasteiger partial charge in [-0.15, -0.1) is 0 Å². The van der Waals surface area contributed by atoms with Crippen molar-refractivity contribution < 1.29 is 19.4 Å². The smallest absolute Gasteiger partial charge is 0.319 e. The van der Waals surface area contributed by atoms with Gasteiger partial charge in [-0.3, -0.25) is 4.79 Å². The van der Waals surface area contributed by atoms with Gasteiger partial charge in [-0.25, -0.2) is 9.31 Å². The van der Waals surface area contributed by atoms with E-state index in [4.69, 9.17) is 16.3 Å². The van der Waals surface area contributed by atoms with Crippen LogP contribution in [0.1, 0.15) is 49.0 Å². The van der Waals surface area contributed by atoms with Crippen molar-refractivity contribution in [1.82, 2.24) is 19.8 Å². The van der Waals surface area contributed by atoms with Crippen molar-refractivity contribution in [3.05, 3.63) is 52.8 Å². The van der Waals surface area contributed by atoms with E-state index in [1.165, 1.54) is 0 Å². The molecule has 9 nitrogen and oxygen atoms in total. The Bertz CT molecular complexity index is 1330. The number of nitrogens with one attached hydrogen (secondary N) is 2. The van der Waals surface area contributed by atoms with Gasteiger partial charge in [-0.05, 0) is 57.7 Å². The number of aliphatic hydroxyl groups is 1. The molecule has 3 amide bonds. The molecule has 10 heteroatoms. The molecule has 1 aromatic carbocycles. The van der Waals surface area contributed by atoms with Gasteiger partial charge < -0.3 is 25.4 Å². The number of carbonyl (C=O) groups is 2. The summed E-state index contributed by atoms with van der Waals surface area (Å²) in [6.45, 7) is 6.57. The first-order chi connectivity index (χ1) is 17.1. The van der Waals surface area contributed by atoms with Crippen molar-refractivity contribution in [2.24, 2.45) is 5.92 Å². The summed E-state index contributed by atoms with van der Waals surface area (Å²) in [5.74, 6) is 0.972. The fraction of sp³-hybridized carbons (Fsp3) is 0.423. The van der Waals surface area contributed by atoms with Crippen molar-refractivity contribution >= 4 is 34.7 Å². The van der Waals surface area contributed by atoms with Crippen molar-refractivity contribution in [1.29, 1.82) is 0 Å². The lowest BCUT2D eigenvalue weighted by Crippen LogP contribution is -2.35. The molecule has 5 rings (SSSR count). The van der Waals surface area contributed by atoms with Gasteiger partial charge in [-0.1, -0.05) is 11.6 Å². The van der Waals surface area contributed by atoms with Gasteiger partial charge in [0.05, 0.1) is 28.1 Å². The highest BCUT2D eigenvalue weighted by Gasteiger charge is 2.36. The second-order valence-corrected chi connectivity index (χ2v) is 10.6. The Morgan fingerprint density at radius 3 is 2.67 bits per heavy atom. The zero-order valence-electron chi connectivity index (χ0n) is 20.5. The molecule has 2 aromatic heterocycles. The summed E-state index contributed by atoms with van der Waals surface area (Å²) in [4.78, 5) is 27.1. The maximum atomic E-state index is 13.3. The number of carbonyl (C=O) groups excluding carboxylic acids is 2. The van der Waals surface area contributed by atoms with E-state index in [1.54, 1.807) is 59.9 Å². The number of rotatable bonds is 6. The van der Waals surface area contributed by atoms with Crippen LogP contribution in [0.15, 0.2) is 36.7 Å². The van der Waals surface area contributed by atoms with E-state index in [1.807, 2.05) is 6.92 Å². The molecule has 3 aromatic rings. The second-order valence-electron chi connectivity index (χ2n) is 10.2. The number of likely N-dealkylation sites (tertiary alicyclic amines) is 1. The minimum absolute atomic E-state index is 0.0396. The summed E-state index contributed by atoms with van der Waals surface area (Å²) >= 11 is 6.40. The first-order valence-electron chi connectivity index (χ1n) is 12.1. The highest BCUT2D eigenvalue weighted by molar-refractivity contribution is 6.33. The Morgan fingerprint density at radius 1 is 1.22 bits per heavy atom. The summed E-state index contributed by atoms with van der Waals surface area (Å²) in [6.07, 6.45) is 6.09. The molecule has 1 aliphatic carbocycles. The third kappa shape index (κ3) is 4.99. The SMILES string of the molecule is Cc1c(C(=O)N2CC[C@H](C(C)(C)O)C2)cn2nccc(Oc3ccc(NC(=O)NC4CC4)c(Cl)c3)c12. The van der Waals surface area contributed by atoms with Crippen LogP contribution < -0.4 is 15.4 Å². The van der Waals surface area contributed by atoms with Gasteiger partial charge in [0.2, 0.25) is 0 Å². The average molecular weight is 512 g/mol. The highest BCUT2D eigenvalue weighted by atomic mass is 35.5. The largest absolute Gasteiger partial charge is 0.455 e. The van der Waals surface area contributed by atoms with Crippen LogP contribution in [0.3, 0.4) is 0 Å². The molecule has 1 atom stereocenters. The summed E-state index contributed by atoms with van der Waals surface area (Å²) in [5, 5.41) is 20.7. The van der Waals surface area contributed by atoms with Crippen molar-refractivity contribution in [2.45, 2.75) is 51.7 Å². The number of amides is 3. The molecular formula is C26H30ClN5O4. The topological polar surface area (TPSA) is 108 Å². The lowest BCUT2D eigenvalue weighted by molar-refractivity contribution is 0.0211. The molecule has 2 aliphatic rings. The zero-order chi connectivity index (χ0) is 25.6. The van der Waals surface area contributed by atoms with Gasteiger partial charge in [-0.2, -0.15) is 5.10 Å². The Kier molecular flexibility index (Phi) is 6.30. The lowest BCUT2D eigenvalue weighted by atomic mass is 9.90. The van der Waals surface area contributed by atoms with Gasteiger partial charge in [0.15, 0.2) is 5.75 Å². The quantitative estimate of drug-likeness (QED) is 0.448. The fourth-order valence-corrected chi connectivity index (χ4v) is 4.79. The number of fused-ring (bicyclic) bond motifs is 1. The summed E-state index contributed by atoms with van der Waals surface area (Å²) < 4.78 is 7.78. The Balaban J connectivity index is 1.35. The summed E-state index contributed by atoms with van der Waals surface area (Å²) in [7, 11) is 0. The molecule has 0 bridgehead atoms. The number of hydrogen-bond donors (Lipinski definition) is 3. The average Bonchev–Trinajstić information content (AvgIpc) is 3.35.